The number of rotatable bonds is 5. The van der Waals surface area contributed by atoms with Crippen molar-refractivity contribution in [3.8, 4) is 0 Å². The van der Waals surface area contributed by atoms with E-state index in [1.54, 1.807) is 0 Å². The Balaban J connectivity index is 1.54. The summed E-state index contributed by atoms with van der Waals surface area (Å²) in [6.45, 7) is 7.18. The number of nitrogens with zero attached hydrogens (tertiary/aromatic N) is 4. The van der Waals surface area contributed by atoms with E-state index in [-0.39, 0.29) is 0 Å². The van der Waals surface area contributed by atoms with Gasteiger partial charge in [0.15, 0.2) is 0 Å². The van der Waals surface area contributed by atoms with Crippen molar-refractivity contribution in [2.24, 2.45) is 5.92 Å². The third-order valence-electron chi connectivity index (χ3n) is 4.30. The Morgan fingerprint density at radius 1 is 1.38 bits per heavy atom. The van der Waals surface area contributed by atoms with Crippen molar-refractivity contribution in [3.05, 3.63) is 41.2 Å². The maximum Gasteiger partial charge on any atom is 0.133 e. The standard InChI is InChI=1S/C16H23N5/c1-3-15-19-20-16-7-6-13(11-21(15)16)9-17-10-14-5-4-8-18-12(14)2/h4-5,8,13,17H,3,6-7,9-11H2,1-2H3. The lowest BCUT2D eigenvalue weighted by Crippen LogP contribution is -2.30. The third-order valence-corrected chi connectivity index (χ3v) is 4.30. The molecule has 2 aromatic rings. The van der Waals surface area contributed by atoms with E-state index in [0.717, 1.165) is 49.8 Å². The normalized spacial score (nSPS) is 17.7. The van der Waals surface area contributed by atoms with Gasteiger partial charge in [-0.25, -0.2) is 0 Å². The zero-order valence-electron chi connectivity index (χ0n) is 12.8. The first-order chi connectivity index (χ1) is 10.3. The molecule has 0 bridgehead atoms. The zero-order valence-corrected chi connectivity index (χ0v) is 12.8. The minimum atomic E-state index is 0.663. The van der Waals surface area contributed by atoms with Gasteiger partial charge in [0.2, 0.25) is 0 Å². The molecule has 1 N–H and O–H groups in total. The van der Waals surface area contributed by atoms with E-state index >= 15 is 0 Å². The van der Waals surface area contributed by atoms with Gasteiger partial charge in [0.25, 0.3) is 0 Å². The molecular formula is C16H23N5. The highest BCUT2D eigenvalue weighted by molar-refractivity contribution is 5.17. The second-order valence-corrected chi connectivity index (χ2v) is 5.78. The summed E-state index contributed by atoms with van der Waals surface area (Å²) in [6.07, 6.45) is 5.05. The monoisotopic (exact) mass is 285 g/mol. The summed E-state index contributed by atoms with van der Waals surface area (Å²) in [4.78, 5) is 4.33. The van der Waals surface area contributed by atoms with Crippen molar-refractivity contribution >= 4 is 0 Å². The molecule has 3 rings (SSSR count). The van der Waals surface area contributed by atoms with Crippen LogP contribution in [-0.2, 0) is 25.9 Å². The second kappa shape index (κ2) is 6.35. The van der Waals surface area contributed by atoms with E-state index in [2.05, 4.69) is 45.0 Å². The molecule has 112 valence electrons. The Kier molecular flexibility index (Phi) is 4.29. The van der Waals surface area contributed by atoms with Gasteiger partial charge >= 0.3 is 0 Å². The quantitative estimate of drug-likeness (QED) is 0.911. The van der Waals surface area contributed by atoms with Gasteiger partial charge in [0.05, 0.1) is 0 Å². The predicted octanol–water partition coefficient (Wildman–Crippen LogP) is 1.90. The van der Waals surface area contributed by atoms with Crippen LogP contribution in [0.5, 0.6) is 0 Å². The van der Waals surface area contributed by atoms with Gasteiger partial charge in [-0.3, -0.25) is 4.98 Å². The number of nitrogens with one attached hydrogen (secondary N) is 1. The van der Waals surface area contributed by atoms with Crippen LogP contribution < -0.4 is 5.32 Å². The fraction of sp³-hybridized carbons (Fsp3) is 0.562. The van der Waals surface area contributed by atoms with E-state index in [1.807, 2.05) is 12.3 Å². The summed E-state index contributed by atoms with van der Waals surface area (Å²) in [5, 5.41) is 12.1. The molecule has 3 heterocycles. The molecule has 0 radical (unpaired) electrons. The van der Waals surface area contributed by atoms with Gasteiger partial charge < -0.3 is 9.88 Å². The molecule has 0 fully saturated rings. The smallest absolute Gasteiger partial charge is 0.133 e. The Morgan fingerprint density at radius 2 is 2.29 bits per heavy atom. The highest BCUT2D eigenvalue weighted by Gasteiger charge is 2.21. The van der Waals surface area contributed by atoms with Crippen molar-refractivity contribution in [1.82, 2.24) is 25.1 Å². The number of pyridine rings is 1. The van der Waals surface area contributed by atoms with Gasteiger partial charge in [0, 0.05) is 37.8 Å². The molecule has 0 saturated heterocycles. The largest absolute Gasteiger partial charge is 0.315 e. The van der Waals surface area contributed by atoms with Gasteiger partial charge in [-0.05, 0) is 37.4 Å². The average molecular weight is 285 g/mol. The zero-order chi connectivity index (χ0) is 14.7. The lowest BCUT2D eigenvalue weighted by atomic mass is 9.99. The van der Waals surface area contributed by atoms with Crippen LogP contribution in [0, 0.1) is 12.8 Å². The first-order valence-corrected chi connectivity index (χ1v) is 7.80. The summed E-state index contributed by atoms with van der Waals surface area (Å²) in [6, 6.07) is 4.14. The summed E-state index contributed by atoms with van der Waals surface area (Å²) in [7, 11) is 0. The number of hydrogen-bond acceptors (Lipinski definition) is 4. The van der Waals surface area contributed by atoms with E-state index in [1.165, 1.54) is 12.0 Å². The molecule has 1 aliphatic rings. The number of aryl methyl sites for hydroxylation is 3. The van der Waals surface area contributed by atoms with Crippen LogP contribution >= 0.6 is 0 Å². The fourth-order valence-electron chi connectivity index (χ4n) is 2.99. The molecule has 1 atom stereocenters. The molecule has 1 aliphatic heterocycles. The van der Waals surface area contributed by atoms with Crippen molar-refractivity contribution in [1.29, 1.82) is 0 Å². The molecule has 0 aliphatic carbocycles. The molecule has 2 aromatic heterocycles. The van der Waals surface area contributed by atoms with Crippen molar-refractivity contribution in [2.45, 2.75) is 46.2 Å². The number of fused-ring (bicyclic) bond motifs is 1. The van der Waals surface area contributed by atoms with E-state index in [4.69, 9.17) is 0 Å². The highest BCUT2D eigenvalue weighted by atomic mass is 15.3. The average Bonchev–Trinajstić information content (AvgIpc) is 2.91. The summed E-state index contributed by atoms with van der Waals surface area (Å²) in [5.41, 5.74) is 2.40. The maximum atomic E-state index is 4.33. The second-order valence-electron chi connectivity index (χ2n) is 5.78. The maximum absolute atomic E-state index is 4.33. The molecule has 0 aromatic carbocycles. The molecular weight excluding hydrogens is 262 g/mol. The van der Waals surface area contributed by atoms with E-state index in [9.17, 15) is 0 Å². The minimum Gasteiger partial charge on any atom is -0.315 e. The van der Waals surface area contributed by atoms with Crippen LogP contribution in [0.4, 0.5) is 0 Å². The lowest BCUT2D eigenvalue weighted by Gasteiger charge is -2.24. The fourth-order valence-corrected chi connectivity index (χ4v) is 2.99. The molecule has 0 spiro atoms. The first-order valence-electron chi connectivity index (χ1n) is 7.80. The minimum absolute atomic E-state index is 0.663. The summed E-state index contributed by atoms with van der Waals surface area (Å²) >= 11 is 0. The Labute approximate surface area is 125 Å². The predicted molar refractivity (Wildman–Crippen MR) is 81.9 cm³/mol. The van der Waals surface area contributed by atoms with E-state index < -0.39 is 0 Å². The molecule has 0 saturated carbocycles. The summed E-state index contributed by atoms with van der Waals surface area (Å²) < 4.78 is 2.31. The van der Waals surface area contributed by atoms with Crippen LogP contribution in [-0.4, -0.2) is 26.3 Å². The van der Waals surface area contributed by atoms with Crippen LogP contribution in [0.25, 0.3) is 0 Å². The number of aromatic nitrogens is 4. The van der Waals surface area contributed by atoms with E-state index in [0.29, 0.717) is 5.92 Å². The molecule has 5 heteroatoms. The topological polar surface area (TPSA) is 55.6 Å². The van der Waals surface area contributed by atoms with Gasteiger partial charge in [0.1, 0.15) is 11.6 Å². The molecule has 1 unspecified atom stereocenters. The molecule has 0 amide bonds. The lowest BCUT2D eigenvalue weighted by molar-refractivity contribution is 0.342. The van der Waals surface area contributed by atoms with Crippen molar-refractivity contribution in [3.63, 3.8) is 0 Å². The van der Waals surface area contributed by atoms with Crippen molar-refractivity contribution in [2.75, 3.05) is 6.54 Å². The third kappa shape index (κ3) is 3.13. The first kappa shape index (κ1) is 14.2. The van der Waals surface area contributed by atoms with Gasteiger partial charge in [-0.2, -0.15) is 0 Å². The van der Waals surface area contributed by atoms with Gasteiger partial charge in [-0.1, -0.05) is 13.0 Å². The summed E-state index contributed by atoms with van der Waals surface area (Å²) in [5.74, 6) is 2.94. The molecule has 5 nitrogen and oxygen atoms in total. The van der Waals surface area contributed by atoms with Crippen LogP contribution in [0.2, 0.25) is 0 Å². The Morgan fingerprint density at radius 3 is 3.10 bits per heavy atom. The SMILES string of the molecule is CCc1nnc2n1CC(CNCc1cccnc1C)CC2. The van der Waals surface area contributed by atoms with Gasteiger partial charge in [-0.15, -0.1) is 10.2 Å². The number of hydrogen-bond donors (Lipinski definition) is 1. The Hall–Kier alpha value is -1.75. The van der Waals surface area contributed by atoms with Crippen molar-refractivity contribution < 1.29 is 0 Å². The highest BCUT2D eigenvalue weighted by Crippen LogP contribution is 2.20. The van der Waals surface area contributed by atoms with Crippen LogP contribution in [0.1, 0.15) is 36.3 Å². The Bertz CT molecular complexity index is 591. The van der Waals surface area contributed by atoms with Crippen LogP contribution in [0.15, 0.2) is 18.3 Å². The molecule has 21 heavy (non-hydrogen) atoms. The van der Waals surface area contributed by atoms with Crippen LogP contribution in [0.3, 0.4) is 0 Å².